The Balaban J connectivity index is 1.85. The number of ketones is 1. The van der Waals surface area contributed by atoms with E-state index in [-0.39, 0.29) is 24.8 Å². The molecule has 5 atom stereocenters. The van der Waals surface area contributed by atoms with Crippen LogP contribution in [0.4, 0.5) is 4.79 Å². The molecule has 0 bridgehead atoms. The summed E-state index contributed by atoms with van der Waals surface area (Å²) in [5.74, 6) is -4.09. The maximum atomic E-state index is 13.9. The van der Waals surface area contributed by atoms with Gasteiger partial charge in [0.15, 0.2) is 0 Å². The van der Waals surface area contributed by atoms with Crippen LogP contribution in [-0.2, 0) is 23.9 Å². The summed E-state index contributed by atoms with van der Waals surface area (Å²) in [6.45, 7) is 7.14. The molecule has 0 aromatic heterocycles. The van der Waals surface area contributed by atoms with E-state index in [4.69, 9.17) is 33.7 Å². The number of rotatable bonds is 9. The fourth-order valence-corrected chi connectivity index (χ4v) is 6.41. The number of ether oxygens (including phenoxy) is 1. The van der Waals surface area contributed by atoms with Crippen LogP contribution < -0.4 is 16.4 Å². The van der Waals surface area contributed by atoms with Gasteiger partial charge in [0.2, 0.25) is 17.6 Å². The molecule has 37 heavy (non-hydrogen) atoms. The molecule has 0 aromatic carbocycles. The molecule has 3 fully saturated rings. The molecular formula is C25H38Cl2N4O6. The van der Waals surface area contributed by atoms with Gasteiger partial charge in [-0.2, -0.15) is 0 Å². The zero-order chi connectivity index (χ0) is 27.7. The minimum atomic E-state index is -1.19. The first-order valence-corrected chi connectivity index (χ1v) is 13.8. The van der Waals surface area contributed by atoms with E-state index in [1.54, 1.807) is 27.7 Å². The number of amides is 4. The van der Waals surface area contributed by atoms with Gasteiger partial charge in [0.25, 0.3) is 5.91 Å². The van der Waals surface area contributed by atoms with Crippen LogP contribution in [0.1, 0.15) is 72.6 Å². The third-order valence-corrected chi connectivity index (χ3v) is 8.46. The number of carbonyl (C=O) groups excluding carboxylic acids is 5. The van der Waals surface area contributed by atoms with Crippen molar-refractivity contribution >= 4 is 52.8 Å². The van der Waals surface area contributed by atoms with E-state index in [0.717, 1.165) is 32.1 Å². The van der Waals surface area contributed by atoms with Crippen LogP contribution in [0.5, 0.6) is 0 Å². The zero-order valence-corrected chi connectivity index (χ0v) is 23.4. The molecule has 1 saturated heterocycles. The Labute approximate surface area is 227 Å². The molecule has 10 nitrogen and oxygen atoms in total. The number of alkyl carbamates (subject to hydrolysis) is 1. The van der Waals surface area contributed by atoms with Gasteiger partial charge in [-0.05, 0) is 46.0 Å². The van der Waals surface area contributed by atoms with Gasteiger partial charge in [0, 0.05) is 18.4 Å². The molecule has 0 aromatic rings. The topological polar surface area (TPSA) is 148 Å². The van der Waals surface area contributed by atoms with Crippen LogP contribution in [0.3, 0.4) is 0 Å². The lowest BCUT2D eigenvalue weighted by molar-refractivity contribution is -0.144. The van der Waals surface area contributed by atoms with Crippen LogP contribution in [0.15, 0.2) is 0 Å². The highest BCUT2D eigenvalue weighted by molar-refractivity contribution is 6.51. The number of likely N-dealkylation sites (tertiary alicyclic amines) is 1. The van der Waals surface area contributed by atoms with E-state index in [2.05, 4.69) is 10.6 Å². The predicted molar refractivity (Wildman–Crippen MR) is 138 cm³/mol. The Bertz CT molecular complexity index is 931. The Kier molecular flexibility index (Phi) is 9.05. The van der Waals surface area contributed by atoms with Crippen LogP contribution >= 0.6 is 23.2 Å². The summed E-state index contributed by atoms with van der Waals surface area (Å²) in [5, 5.41) is 5.36. The van der Waals surface area contributed by atoms with Crippen LogP contribution in [0.2, 0.25) is 0 Å². The summed E-state index contributed by atoms with van der Waals surface area (Å²) in [7, 11) is 0. The van der Waals surface area contributed by atoms with E-state index in [1.807, 2.05) is 0 Å². The number of primary amides is 1. The van der Waals surface area contributed by atoms with Crippen molar-refractivity contribution in [2.24, 2.45) is 23.5 Å². The van der Waals surface area contributed by atoms with Crippen molar-refractivity contribution in [3.8, 4) is 0 Å². The first kappa shape index (κ1) is 29.5. The summed E-state index contributed by atoms with van der Waals surface area (Å²) in [5.41, 5.74) is 4.41. The summed E-state index contributed by atoms with van der Waals surface area (Å²) >= 11 is 12.9. The quantitative estimate of drug-likeness (QED) is 0.291. The van der Waals surface area contributed by atoms with Gasteiger partial charge in [-0.15, -0.1) is 23.2 Å². The number of halogens is 2. The summed E-state index contributed by atoms with van der Waals surface area (Å²) in [6.07, 6.45) is 4.44. The minimum absolute atomic E-state index is 0.115. The number of Topliss-reactive ketones (excluding diaryl/α,β-unsaturated/α-hetero) is 1. The predicted octanol–water partition coefficient (Wildman–Crippen LogP) is 2.43. The zero-order valence-electron chi connectivity index (χ0n) is 21.9. The molecule has 4 N–H and O–H groups in total. The van der Waals surface area contributed by atoms with Crippen molar-refractivity contribution in [2.45, 2.75) is 101 Å². The second kappa shape index (κ2) is 11.4. The Morgan fingerprint density at radius 1 is 1.08 bits per heavy atom. The molecule has 12 heteroatoms. The van der Waals surface area contributed by atoms with Crippen LogP contribution in [0, 0.1) is 17.8 Å². The number of hydrogen-bond acceptors (Lipinski definition) is 6. The summed E-state index contributed by atoms with van der Waals surface area (Å²) < 4.78 is 4.23. The fourth-order valence-electron chi connectivity index (χ4n) is 5.58. The van der Waals surface area contributed by atoms with Gasteiger partial charge in [-0.1, -0.05) is 32.6 Å². The number of nitrogens with one attached hydrogen (secondary N) is 2. The van der Waals surface area contributed by atoms with E-state index < -0.39 is 63.6 Å². The third kappa shape index (κ3) is 6.69. The van der Waals surface area contributed by atoms with Crippen molar-refractivity contribution in [1.82, 2.24) is 15.5 Å². The monoisotopic (exact) mass is 560 g/mol. The summed E-state index contributed by atoms with van der Waals surface area (Å²) in [6, 6.07) is -3.06. The van der Waals surface area contributed by atoms with Gasteiger partial charge in [-0.3, -0.25) is 19.2 Å². The highest BCUT2D eigenvalue weighted by Gasteiger charge is 2.74. The first-order valence-electron chi connectivity index (χ1n) is 13.0. The molecule has 3 aliphatic rings. The van der Waals surface area contributed by atoms with Crippen LogP contribution in [-0.4, -0.2) is 69.1 Å². The fraction of sp³-hybridized carbons (Fsp3) is 0.800. The SMILES string of the molecule is CCC[C@H](NC(=O)[C@@H]1[C@@H]2[C@H](CN1C(=O)[C@@H](NC(=O)OC(C)(C)C)C1CCCCC1)C2(Cl)Cl)C(=O)C(N)=O. The number of alkyl halides is 2. The number of carbonyl (C=O) groups is 5. The van der Waals surface area contributed by atoms with E-state index in [0.29, 0.717) is 6.42 Å². The van der Waals surface area contributed by atoms with Gasteiger partial charge < -0.3 is 26.0 Å². The molecular weight excluding hydrogens is 523 g/mol. The lowest BCUT2D eigenvalue weighted by atomic mass is 9.83. The number of hydrogen-bond donors (Lipinski definition) is 3. The molecule has 0 unspecified atom stereocenters. The summed E-state index contributed by atoms with van der Waals surface area (Å²) in [4.78, 5) is 65.3. The third-order valence-electron chi connectivity index (χ3n) is 7.40. The Morgan fingerprint density at radius 2 is 1.70 bits per heavy atom. The van der Waals surface area contributed by atoms with Gasteiger partial charge in [-0.25, -0.2) is 4.79 Å². The Hall–Kier alpha value is -2.07. The maximum absolute atomic E-state index is 13.9. The number of nitrogens with zero attached hydrogens (tertiary/aromatic N) is 1. The van der Waals surface area contributed by atoms with E-state index in [9.17, 15) is 24.0 Å². The molecule has 1 aliphatic heterocycles. The second-order valence-electron chi connectivity index (χ2n) is 11.3. The van der Waals surface area contributed by atoms with Crippen LogP contribution in [0.25, 0.3) is 0 Å². The standard InChI is InChI=1S/C25H38Cl2N4O6/c1-5-9-15(19(32)20(28)33)29-21(34)18-16-14(25(16,26)27)12-31(18)22(35)17(13-10-7-6-8-11-13)30-23(36)37-24(2,3)4/h13-18H,5-12H2,1-4H3,(H2,28,33)(H,29,34)(H,30,36)/t14-,15-,16-,17-,18-/m0/s1. The van der Waals surface area contributed by atoms with Crippen molar-refractivity contribution in [1.29, 1.82) is 0 Å². The normalized spacial score (nSPS) is 26.4. The second-order valence-corrected chi connectivity index (χ2v) is 12.8. The van der Waals surface area contributed by atoms with E-state index >= 15 is 0 Å². The van der Waals surface area contributed by atoms with Crippen molar-refractivity contribution in [3.63, 3.8) is 0 Å². The van der Waals surface area contributed by atoms with Crippen molar-refractivity contribution in [3.05, 3.63) is 0 Å². The molecule has 2 saturated carbocycles. The average Bonchev–Trinajstić information content (AvgIpc) is 3.14. The number of nitrogens with two attached hydrogens (primary N) is 1. The average molecular weight is 562 g/mol. The molecule has 3 rings (SSSR count). The highest BCUT2D eigenvalue weighted by atomic mass is 35.5. The lowest BCUT2D eigenvalue weighted by Crippen LogP contribution is -2.59. The molecule has 1 heterocycles. The number of piperidine rings is 1. The molecule has 208 valence electrons. The largest absolute Gasteiger partial charge is 0.444 e. The van der Waals surface area contributed by atoms with Crippen molar-refractivity contribution < 1.29 is 28.7 Å². The van der Waals surface area contributed by atoms with E-state index in [1.165, 1.54) is 4.90 Å². The Morgan fingerprint density at radius 3 is 2.24 bits per heavy atom. The lowest BCUT2D eigenvalue weighted by Gasteiger charge is -2.36. The number of fused-ring (bicyclic) bond motifs is 1. The molecule has 2 aliphatic carbocycles. The highest BCUT2D eigenvalue weighted by Crippen LogP contribution is 2.65. The first-order chi connectivity index (χ1) is 17.2. The van der Waals surface area contributed by atoms with Gasteiger partial charge in [0.1, 0.15) is 22.0 Å². The molecule has 4 amide bonds. The molecule has 0 radical (unpaired) electrons. The van der Waals surface area contributed by atoms with Gasteiger partial charge in [0.05, 0.1) is 6.04 Å². The maximum Gasteiger partial charge on any atom is 0.408 e. The van der Waals surface area contributed by atoms with Gasteiger partial charge >= 0.3 is 6.09 Å². The minimum Gasteiger partial charge on any atom is -0.444 e. The van der Waals surface area contributed by atoms with Crippen molar-refractivity contribution in [2.75, 3.05) is 6.54 Å². The molecule has 0 spiro atoms. The smallest absolute Gasteiger partial charge is 0.408 e.